The number of aliphatic hydroxyl groups is 1. The van der Waals surface area contributed by atoms with E-state index < -0.39 is 24.6 Å². The van der Waals surface area contributed by atoms with Crippen molar-refractivity contribution in [2.24, 2.45) is 5.73 Å². The molecule has 100 valence electrons. The summed E-state index contributed by atoms with van der Waals surface area (Å²) in [5.74, 6) is -1.29. The monoisotopic (exact) mass is 261 g/mol. The Bertz CT molecular complexity index is 426. The van der Waals surface area contributed by atoms with Gasteiger partial charge in [-0.2, -0.15) is 0 Å². The summed E-state index contributed by atoms with van der Waals surface area (Å²) in [6.07, 6.45) is -2.64. The van der Waals surface area contributed by atoms with Crippen LogP contribution in [0.25, 0.3) is 0 Å². The third-order valence-corrected chi connectivity index (χ3v) is 2.33. The van der Waals surface area contributed by atoms with E-state index in [-0.39, 0.29) is 24.4 Å². The highest BCUT2D eigenvalue weighted by Gasteiger charge is 2.19. The van der Waals surface area contributed by atoms with Crippen LogP contribution in [-0.2, 0) is 0 Å². The lowest BCUT2D eigenvalue weighted by atomic mass is 10.1. The van der Waals surface area contributed by atoms with E-state index in [0.717, 1.165) is 11.0 Å². The van der Waals surface area contributed by atoms with Crippen LogP contribution in [0.5, 0.6) is 0 Å². The van der Waals surface area contributed by atoms with Crippen molar-refractivity contribution in [1.29, 1.82) is 5.41 Å². The summed E-state index contributed by atoms with van der Waals surface area (Å²) in [5.41, 5.74) is 5.10. The van der Waals surface area contributed by atoms with Gasteiger partial charge >= 0.3 is 0 Å². The Morgan fingerprint density at radius 1 is 1.44 bits per heavy atom. The summed E-state index contributed by atoms with van der Waals surface area (Å²) >= 11 is 0. The Morgan fingerprint density at radius 2 is 2.11 bits per heavy atom. The molecule has 0 radical (unpaired) electrons. The van der Waals surface area contributed by atoms with Gasteiger partial charge in [0.2, 0.25) is 0 Å². The summed E-state index contributed by atoms with van der Waals surface area (Å²) in [6.45, 7) is -1.11. The molecule has 0 heterocycles. The third kappa shape index (κ3) is 3.36. The summed E-state index contributed by atoms with van der Waals surface area (Å²) in [6, 6.07) is 3.82. The Kier molecular flexibility index (Phi) is 4.96. The number of amidine groups is 1. The topological polar surface area (TPSA) is 73.3 Å². The lowest BCUT2D eigenvalue weighted by Gasteiger charge is -2.25. The second kappa shape index (κ2) is 6.25. The Morgan fingerprint density at radius 3 is 2.61 bits per heavy atom. The molecule has 4 nitrogen and oxygen atoms in total. The normalized spacial score (nSPS) is 10.7. The van der Waals surface area contributed by atoms with Crippen molar-refractivity contribution in [2.45, 2.75) is 6.43 Å². The molecule has 1 aromatic rings. The van der Waals surface area contributed by atoms with Crippen LogP contribution in [0, 0.1) is 11.2 Å². The minimum atomic E-state index is -2.64. The van der Waals surface area contributed by atoms with Gasteiger partial charge in [-0.15, -0.1) is 0 Å². The molecular formula is C11H14F3N3O. The molecule has 0 spiro atoms. The highest BCUT2D eigenvalue weighted by Crippen LogP contribution is 2.23. The maximum Gasteiger partial charge on any atom is 0.255 e. The first-order valence-electron chi connectivity index (χ1n) is 5.24. The first-order chi connectivity index (χ1) is 8.47. The number of benzene rings is 1. The van der Waals surface area contributed by atoms with Gasteiger partial charge in [0.1, 0.15) is 11.7 Å². The van der Waals surface area contributed by atoms with Crippen LogP contribution in [0.2, 0.25) is 0 Å². The molecule has 0 aromatic heterocycles. The molecule has 0 saturated heterocycles. The van der Waals surface area contributed by atoms with E-state index in [1.165, 1.54) is 12.1 Å². The number of nitrogens with one attached hydrogen (secondary N) is 1. The van der Waals surface area contributed by atoms with Crippen LogP contribution < -0.4 is 10.6 Å². The van der Waals surface area contributed by atoms with E-state index in [4.69, 9.17) is 16.2 Å². The smallest absolute Gasteiger partial charge is 0.255 e. The highest BCUT2D eigenvalue weighted by molar-refractivity contribution is 6.00. The number of halogens is 3. The minimum absolute atomic E-state index is 0.0804. The zero-order chi connectivity index (χ0) is 13.7. The SMILES string of the molecule is N=C(N)c1c(F)cccc1N(CCO)CC(F)F. The summed E-state index contributed by atoms with van der Waals surface area (Å²) in [7, 11) is 0. The predicted octanol–water partition coefficient (Wildman–Crippen LogP) is 1.17. The number of alkyl halides is 2. The second-order valence-electron chi connectivity index (χ2n) is 3.61. The Balaban J connectivity index is 3.18. The van der Waals surface area contributed by atoms with Gasteiger partial charge in [0.25, 0.3) is 6.43 Å². The van der Waals surface area contributed by atoms with Gasteiger partial charge in [0, 0.05) is 6.54 Å². The molecule has 0 aliphatic rings. The lowest BCUT2D eigenvalue weighted by Crippen LogP contribution is -2.33. The fourth-order valence-corrected chi connectivity index (χ4v) is 1.64. The molecule has 18 heavy (non-hydrogen) atoms. The van der Waals surface area contributed by atoms with Gasteiger partial charge in [-0.25, -0.2) is 13.2 Å². The van der Waals surface area contributed by atoms with Gasteiger partial charge in [-0.05, 0) is 12.1 Å². The van der Waals surface area contributed by atoms with Gasteiger partial charge in [-0.1, -0.05) is 6.07 Å². The first-order valence-corrected chi connectivity index (χ1v) is 5.24. The zero-order valence-corrected chi connectivity index (χ0v) is 9.54. The third-order valence-electron chi connectivity index (χ3n) is 2.33. The lowest BCUT2D eigenvalue weighted by molar-refractivity contribution is 0.152. The number of hydrogen-bond donors (Lipinski definition) is 3. The average molecular weight is 261 g/mol. The van der Waals surface area contributed by atoms with E-state index in [0.29, 0.717) is 0 Å². The second-order valence-corrected chi connectivity index (χ2v) is 3.61. The summed E-state index contributed by atoms with van der Waals surface area (Å²) in [4.78, 5) is 1.10. The van der Waals surface area contributed by atoms with E-state index in [1.807, 2.05) is 0 Å². The fraction of sp³-hybridized carbons (Fsp3) is 0.364. The van der Waals surface area contributed by atoms with E-state index in [2.05, 4.69) is 0 Å². The molecule has 0 saturated carbocycles. The van der Waals surface area contributed by atoms with Crippen molar-refractivity contribution >= 4 is 11.5 Å². The van der Waals surface area contributed by atoms with Crippen LogP contribution in [0.3, 0.4) is 0 Å². The number of hydrogen-bond acceptors (Lipinski definition) is 3. The van der Waals surface area contributed by atoms with E-state index >= 15 is 0 Å². The van der Waals surface area contributed by atoms with Gasteiger partial charge in [-0.3, -0.25) is 5.41 Å². The van der Waals surface area contributed by atoms with Crippen molar-refractivity contribution in [3.8, 4) is 0 Å². The maximum absolute atomic E-state index is 13.5. The van der Waals surface area contributed by atoms with E-state index in [1.54, 1.807) is 0 Å². The molecule has 0 atom stereocenters. The van der Waals surface area contributed by atoms with Crippen LogP contribution in [-0.4, -0.2) is 37.1 Å². The molecule has 0 bridgehead atoms. The molecule has 0 aliphatic carbocycles. The summed E-state index contributed by atoms with van der Waals surface area (Å²) in [5, 5.41) is 16.1. The zero-order valence-electron chi connectivity index (χ0n) is 9.54. The predicted molar refractivity (Wildman–Crippen MR) is 62.7 cm³/mol. The standard InChI is InChI=1S/C11H14F3N3O/c12-7-2-1-3-8(10(7)11(15)16)17(4-5-18)6-9(13)14/h1-3,9,18H,4-6H2,(H3,15,16). The summed E-state index contributed by atoms with van der Waals surface area (Å²) < 4.78 is 38.4. The number of nitrogens with zero attached hydrogens (tertiary/aromatic N) is 1. The number of aliphatic hydroxyl groups excluding tert-OH is 1. The van der Waals surface area contributed by atoms with Crippen molar-refractivity contribution in [3.63, 3.8) is 0 Å². The first kappa shape index (κ1) is 14.3. The molecule has 1 rings (SSSR count). The number of anilines is 1. The van der Waals surface area contributed by atoms with Gasteiger partial charge in [0.15, 0.2) is 0 Å². The number of nitrogens with two attached hydrogens (primary N) is 1. The Labute approximate surface area is 102 Å². The number of nitrogen functional groups attached to an aromatic ring is 1. The van der Waals surface area contributed by atoms with Crippen LogP contribution in [0.4, 0.5) is 18.9 Å². The van der Waals surface area contributed by atoms with Crippen LogP contribution in [0.15, 0.2) is 18.2 Å². The van der Waals surface area contributed by atoms with Crippen LogP contribution in [0.1, 0.15) is 5.56 Å². The van der Waals surface area contributed by atoms with Gasteiger partial charge < -0.3 is 15.7 Å². The minimum Gasteiger partial charge on any atom is -0.395 e. The van der Waals surface area contributed by atoms with Crippen molar-refractivity contribution in [2.75, 3.05) is 24.6 Å². The Hall–Kier alpha value is -1.76. The molecule has 7 heteroatoms. The quantitative estimate of drug-likeness (QED) is 0.531. The molecular weight excluding hydrogens is 247 g/mol. The fourth-order valence-electron chi connectivity index (χ4n) is 1.64. The molecule has 0 unspecified atom stereocenters. The molecule has 4 N–H and O–H groups in total. The average Bonchev–Trinajstić information content (AvgIpc) is 2.27. The molecule has 1 aromatic carbocycles. The molecule has 0 aliphatic heterocycles. The highest BCUT2D eigenvalue weighted by atomic mass is 19.3. The largest absolute Gasteiger partial charge is 0.395 e. The number of rotatable bonds is 6. The van der Waals surface area contributed by atoms with Crippen molar-refractivity contribution in [1.82, 2.24) is 0 Å². The van der Waals surface area contributed by atoms with E-state index in [9.17, 15) is 13.2 Å². The van der Waals surface area contributed by atoms with Crippen LogP contribution >= 0.6 is 0 Å². The molecule has 0 amide bonds. The van der Waals surface area contributed by atoms with Crippen molar-refractivity contribution in [3.05, 3.63) is 29.6 Å². The van der Waals surface area contributed by atoms with Crippen molar-refractivity contribution < 1.29 is 18.3 Å². The maximum atomic E-state index is 13.5. The molecule has 0 fully saturated rings. The van der Waals surface area contributed by atoms with Gasteiger partial charge in [0.05, 0.1) is 24.4 Å².